The van der Waals surface area contributed by atoms with Gasteiger partial charge in [-0.3, -0.25) is 0 Å². The summed E-state index contributed by atoms with van der Waals surface area (Å²) in [5, 5.41) is 9.03. The summed E-state index contributed by atoms with van der Waals surface area (Å²) in [6, 6.07) is 6.80. The van der Waals surface area contributed by atoms with Crippen molar-refractivity contribution >= 4 is 28.9 Å². The van der Waals surface area contributed by atoms with Crippen LogP contribution in [-0.2, 0) is 6.42 Å². The van der Waals surface area contributed by atoms with Crippen LogP contribution in [-0.4, -0.2) is 31.0 Å². The van der Waals surface area contributed by atoms with E-state index >= 15 is 0 Å². The second-order valence-corrected chi connectivity index (χ2v) is 5.85. The summed E-state index contributed by atoms with van der Waals surface area (Å²) in [6.45, 7) is 3.80. The molecule has 0 bridgehead atoms. The first-order valence-corrected chi connectivity index (χ1v) is 7.96. The van der Waals surface area contributed by atoms with Gasteiger partial charge in [-0.1, -0.05) is 18.2 Å². The summed E-state index contributed by atoms with van der Waals surface area (Å²) in [5.74, 6) is -0.627. The van der Waals surface area contributed by atoms with Crippen LogP contribution in [0.3, 0.4) is 0 Å². The van der Waals surface area contributed by atoms with Crippen molar-refractivity contribution in [2.75, 3.05) is 11.5 Å². The summed E-state index contributed by atoms with van der Waals surface area (Å²) in [5.41, 5.74) is 14.2. The van der Waals surface area contributed by atoms with Crippen LogP contribution in [0, 0.1) is 0 Å². The van der Waals surface area contributed by atoms with E-state index in [2.05, 4.69) is 26.5 Å². The first-order chi connectivity index (χ1) is 12.5. The Morgan fingerprint density at radius 2 is 1.92 bits per heavy atom. The smallest absolute Gasteiger partial charge is 0.335 e. The Balaban J connectivity index is 1.91. The van der Waals surface area contributed by atoms with Crippen LogP contribution in [0.4, 0.5) is 11.8 Å². The van der Waals surface area contributed by atoms with Crippen LogP contribution >= 0.6 is 0 Å². The molecule has 0 radical (unpaired) electrons. The van der Waals surface area contributed by atoms with Crippen molar-refractivity contribution in [3.8, 4) is 0 Å². The third-order valence-corrected chi connectivity index (χ3v) is 4.04. The third kappa shape index (κ3) is 3.59. The quantitative estimate of drug-likeness (QED) is 0.574. The minimum atomic E-state index is -0.952. The van der Waals surface area contributed by atoms with Crippen LogP contribution in [0.15, 0.2) is 43.1 Å². The van der Waals surface area contributed by atoms with Crippen LogP contribution in [0.5, 0.6) is 0 Å². The van der Waals surface area contributed by atoms with E-state index in [1.807, 2.05) is 18.2 Å². The lowest BCUT2D eigenvalue weighted by Crippen LogP contribution is -2.08. The van der Waals surface area contributed by atoms with Gasteiger partial charge in [-0.25, -0.2) is 14.8 Å². The Hall–Kier alpha value is -3.55. The Labute approximate surface area is 149 Å². The Bertz CT molecular complexity index is 971. The largest absolute Gasteiger partial charge is 0.478 e. The number of nitrogens with two attached hydrogens (primary N) is 2. The minimum Gasteiger partial charge on any atom is -0.478 e. The Morgan fingerprint density at radius 1 is 1.19 bits per heavy atom. The van der Waals surface area contributed by atoms with Gasteiger partial charge in [0.1, 0.15) is 0 Å². The monoisotopic (exact) mass is 350 g/mol. The number of nitrogens with zero attached hydrogens (tertiary/aromatic N) is 4. The molecule has 8 heteroatoms. The van der Waals surface area contributed by atoms with Gasteiger partial charge in [0.2, 0.25) is 5.95 Å². The number of rotatable bonds is 6. The van der Waals surface area contributed by atoms with E-state index < -0.39 is 5.97 Å². The maximum atomic E-state index is 11.0. The number of aromatic nitrogens is 4. The lowest BCUT2D eigenvalue weighted by Gasteiger charge is -2.15. The summed E-state index contributed by atoms with van der Waals surface area (Å²) in [6.07, 6.45) is 4.75. The average molecular weight is 350 g/mol. The highest BCUT2D eigenvalue weighted by Crippen LogP contribution is 2.25. The fourth-order valence-corrected chi connectivity index (χ4v) is 2.77. The molecule has 132 valence electrons. The predicted molar refractivity (Wildman–Crippen MR) is 98.6 cm³/mol. The van der Waals surface area contributed by atoms with Crippen LogP contribution in [0.1, 0.15) is 34.0 Å². The molecule has 8 nitrogen and oxygen atoms in total. The number of nitrogen functional groups attached to an aromatic ring is 2. The minimum absolute atomic E-state index is 0.0557. The van der Waals surface area contributed by atoms with Crippen molar-refractivity contribution in [1.29, 1.82) is 0 Å². The molecule has 0 aliphatic rings. The third-order valence-electron chi connectivity index (χ3n) is 4.04. The standard InChI is InChI=1S/C18H18N6O2/c1-2-3-12(10-4-6-11(7-5-10)17(25)26)8-13-9-21-16-14(22-13)15(19)23-18(20)24-16/h2,4-7,9,12H,1,3,8H2,(H,25,26)(H4,19,20,21,23,24). The number of carbonyl (C=O) groups is 1. The normalized spacial score (nSPS) is 12.0. The van der Waals surface area contributed by atoms with E-state index in [-0.39, 0.29) is 23.2 Å². The molecule has 1 atom stereocenters. The van der Waals surface area contributed by atoms with E-state index in [0.717, 1.165) is 11.3 Å². The molecule has 2 heterocycles. The molecule has 0 aliphatic heterocycles. The fourth-order valence-electron chi connectivity index (χ4n) is 2.77. The van der Waals surface area contributed by atoms with Gasteiger partial charge < -0.3 is 16.6 Å². The van der Waals surface area contributed by atoms with Gasteiger partial charge in [0, 0.05) is 0 Å². The molecule has 3 rings (SSSR count). The fraction of sp³-hybridized carbons (Fsp3) is 0.167. The predicted octanol–water partition coefficient (Wildman–Crippen LogP) is 2.18. The zero-order valence-corrected chi connectivity index (χ0v) is 14.0. The second kappa shape index (κ2) is 7.14. The number of hydrogen-bond donors (Lipinski definition) is 3. The molecular weight excluding hydrogens is 332 g/mol. The SMILES string of the molecule is C=CCC(Cc1cnc2nc(N)nc(N)c2n1)c1ccc(C(=O)O)cc1. The molecule has 0 spiro atoms. The summed E-state index contributed by atoms with van der Waals surface area (Å²) >= 11 is 0. The highest BCUT2D eigenvalue weighted by Gasteiger charge is 2.15. The molecule has 3 aromatic rings. The van der Waals surface area contributed by atoms with E-state index in [0.29, 0.717) is 24.0 Å². The van der Waals surface area contributed by atoms with E-state index in [1.165, 1.54) is 0 Å². The molecule has 26 heavy (non-hydrogen) atoms. The number of carboxylic acids is 1. The number of aromatic carboxylic acids is 1. The molecule has 1 unspecified atom stereocenters. The van der Waals surface area contributed by atoms with Crippen molar-refractivity contribution < 1.29 is 9.90 Å². The van der Waals surface area contributed by atoms with Crippen LogP contribution in [0.25, 0.3) is 11.2 Å². The van der Waals surface area contributed by atoms with Crippen molar-refractivity contribution in [3.05, 3.63) is 59.9 Å². The number of fused-ring (bicyclic) bond motifs is 1. The van der Waals surface area contributed by atoms with Gasteiger partial charge in [-0.2, -0.15) is 9.97 Å². The van der Waals surface area contributed by atoms with E-state index in [4.69, 9.17) is 16.6 Å². The summed E-state index contributed by atoms with van der Waals surface area (Å²) in [7, 11) is 0. The number of carboxylic acid groups (broad SMARTS) is 1. The molecule has 0 amide bonds. The number of benzene rings is 1. The first-order valence-electron chi connectivity index (χ1n) is 7.96. The second-order valence-electron chi connectivity index (χ2n) is 5.85. The molecule has 5 N–H and O–H groups in total. The van der Waals surface area contributed by atoms with Gasteiger partial charge >= 0.3 is 5.97 Å². The van der Waals surface area contributed by atoms with E-state index in [1.54, 1.807) is 18.3 Å². The van der Waals surface area contributed by atoms with Gasteiger partial charge in [0.05, 0.1) is 17.5 Å². The van der Waals surface area contributed by atoms with Gasteiger partial charge in [0.15, 0.2) is 17.0 Å². The molecule has 0 saturated heterocycles. The van der Waals surface area contributed by atoms with Gasteiger partial charge in [-0.05, 0) is 36.5 Å². The van der Waals surface area contributed by atoms with Crippen LogP contribution in [0.2, 0.25) is 0 Å². The zero-order chi connectivity index (χ0) is 18.7. The zero-order valence-electron chi connectivity index (χ0n) is 14.0. The molecule has 0 saturated carbocycles. The summed E-state index contributed by atoms with van der Waals surface area (Å²) < 4.78 is 0. The maximum Gasteiger partial charge on any atom is 0.335 e. The van der Waals surface area contributed by atoms with Crippen molar-refractivity contribution in [2.45, 2.75) is 18.8 Å². The van der Waals surface area contributed by atoms with E-state index in [9.17, 15) is 4.79 Å². The molecule has 0 fully saturated rings. The molecular formula is C18H18N6O2. The first kappa shape index (κ1) is 17.3. The van der Waals surface area contributed by atoms with Crippen LogP contribution < -0.4 is 11.5 Å². The lowest BCUT2D eigenvalue weighted by atomic mass is 9.90. The van der Waals surface area contributed by atoms with Crippen molar-refractivity contribution in [3.63, 3.8) is 0 Å². The highest BCUT2D eigenvalue weighted by atomic mass is 16.4. The number of hydrogen-bond acceptors (Lipinski definition) is 7. The number of allylic oxidation sites excluding steroid dienone is 1. The molecule has 1 aromatic carbocycles. The Kier molecular flexibility index (Phi) is 4.74. The lowest BCUT2D eigenvalue weighted by molar-refractivity contribution is 0.0697. The Morgan fingerprint density at radius 3 is 2.58 bits per heavy atom. The number of anilines is 2. The van der Waals surface area contributed by atoms with Gasteiger partial charge in [-0.15, -0.1) is 6.58 Å². The average Bonchev–Trinajstić information content (AvgIpc) is 2.62. The topological polar surface area (TPSA) is 141 Å². The van der Waals surface area contributed by atoms with Gasteiger partial charge in [0.25, 0.3) is 0 Å². The highest BCUT2D eigenvalue weighted by molar-refractivity contribution is 5.87. The maximum absolute atomic E-state index is 11.0. The molecule has 2 aromatic heterocycles. The summed E-state index contributed by atoms with van der Waals surface area (Å²) in [4.78, 5) is 27.7. The molecule has 0 aliphatic carbocycles. The van der Waals surface area contributed by atoms with Crippen molar-refractivity contribution in [2.24, 2.45) is 0 Å². The van der Waals surface area contributed by atoms with Crippen molar-refractivity contribution in [1.82, 2.24) is 19.9 Å².